The van der Waals surface area contributed by atoms with E-state index in [-0.39, 0.29) is 39.2 Å². The van der Waals surface area contributed by atoms with Crippen LogP contribution in [-0.4, -0.2) is 99.1 Å². The van der Waals surface area contributed by atoms with Crippen molar-refractivity contribution >= 4 is 39.3 Å². The van der Waals surface area contributed by atoms with Crippen LogP contribution in [0.2, 0.25) is 5.02 Å². The number of anilines is 1. The molecule has 244 valence electrons. The molecule has 0 saturated carbocycles. The molecule has 0 N–H and O–H groups in total. The lowest BCUT2D eigenvalue weighted by atomic mass is 9.86. The normalized spacial score (nSPS) is 21.3. The molecule has 2 saturated heterocycles. The standard InChI is InChI=1S/C33H38ClN5O6S/c1-4-44-29-8-6-5-7-26(29)33(45-32(41)38-19-17-37(18-20-38)25-13-15-36(3)16-14-25)27-21-24(34)10-11-28(27)39(31(33)40)46(42,43)30-12-9-23(2)22-35-30/h5-12,21-22,25H,4,13-20H2,1-3H3. The van der Waals surface area contributed by atoms with E-state index in [1.807, 2.05) is 0 Å². The summed E-state index contributed by atoms with van der Waals surface area (Å²) >= 11 is 6.48. The van der Waals surface area contributed by atoms with Gasteiger partial charge in [0.1, 0.15) is 5.75 Å². The first kappa shape index (κ1) is 32.2. The van der Waals surface area contributed by atoms with Crippen LogP contribution in [0.25, 0.3) is 0 Å². The summed E-state index contributed by atoms with van der Waals surface area (Å²) in [6.07, 6.45) is 2.83. The number of rotatable bonds is 7. The third-order valence-corrected chi connectivity index (χ3v) is 10.9. The van der Waals surface area contributed by atoms with Gasteiger partial charge in [0, 0.05) is 49.0 Å². The van der Waals surface area contributed by atoms with Gasteiger partial charge in [-0.2, -0.15) is 12.7 Å². The van der Waals surface area contributed by atoms with Gasteiger partial charge in [0.25, 0.3) is 15.9 Å². The number of nitrogens with zero attached hydrogens (tertiary/aromatic N) is 5. The number of amides is 2. The minimum atomic E-state index is -4.55. The van der Waals surface area contributed by atoms with Gasteiger partial charge in [-0.1, -0.05) is 35.9 Å². The molecule has 3 aromatic rings. The first-order valence-corrected chi connectivity index (χ1v) is 17.3. The average molecular weight is 668 g/mol. The third kappa shape index (κ3) is 5.72. The third-order valence-electron chi connectivity index (χ3n) is 9.01. The molecule has 3 aliphatic heterocycles. The van der Waals surface area contributed by atoms with E-state index in [0.29, 0.717) is 36.5 Å². The molecule has 4 heterocycles. The second-order valence-corrected chi connectivity index (χ2v) is 14.1. The molecule has 1 unspecified atom stereocenters. The van der Waals surface area contributed by atoms with Gasteiger partial charge in [-0.25, -0.2) is 9.78 Å². The Kier molecular flexibility index (Phi) is 8.99. The molecule has 46 heavy (non-hydrogen) atoms. The highest BCUT2D eigenvalue weighted by atomic mass is 35.5. The maximum absolute atomic E-state index is 14.9. The topological polar surface area (TPSA) is 113 Å². The number of piperidine rings is 1. The summed E-state index contributed by atoms with van der Waals surface area (Å²) in [5.74, 6) is -0.713. The predicted octanol–water partition coefficient (Wildman–Crippen LogP) is 4.27. The van der Waals surface area contributed by atoms with E-state index in [9.17, 15) is 18.0 Å². The fraction of sp³-hybridized carbons (Fsp3) is 0.424. The molecule has 6 rings (SSSR count). The summed E-state index contributed by atoms with van der Waals surface area (Å²) < 4.78 is 41.2. The van der Waals surface area contributed by atoms with Crippen molar-refractivity contribution in [3.05, 3.63) is 82.5 Å². The molecule has 11 nitrogen and oxygen atoms in total. The molecule has 3 aliphatic rings. The molecular formula is C33H38ClN5O6S. The first-order chi connectivity index (χ1) is 22.1. The number of pyridine rings is 1. The quantitative estimate of drug-likeness (QED) is 0.365. The van der Waals surface area contributed by atoms with E-state index < -0.39 is 27.6 Å². The molecule has 2 fully saturated rings. The zero-order valence-electron chi connectivity index (χ0n) is 26.2. The summed E-state index contributed by atoms with van der Waals surface area (Å²) in [5.41, 5.74) is -1.14. The number of para-hydroxylation sites is 1. The number of hydrogen-bond donors (Lipinski definition) is 0. The lowest BCUT2D eigenvalue weighted by Crippen LogP contribution is -2.55. The molecule has 2 amide bonds. The molecule has 1 atom stereocenters. The summed E-state index contributed by atoms with van der Waals surface area (Å²) in [7, 11) is -2.42. The number of sulfonamides is 1. The highest BCUT2D eigenvalue weighted by molar-refractivity contribution is 7.93. The largest absolute Gasteiger partial charge is 0.493 e. The lowest BCUT2D eigenvalue weighted by Gasteiger charge is -2.42. The van der Waals surface area contributed by atoms with Gasteiger partial charge < -0.3 is 19.3 Å². The van der Waals surface area contributed by atoms with E-state index >= 15 is 0 Å². The van der Waals surface area contributed by atoms with E-state index in [0.717, 1.165) is 31.5 Å². The Morgan fingerprint density at radius 1 is 1.00 bits per heavy atom. The van der Waals surface area contributed by atoms with Crippen LogP contribution in [0.3, 0.4) is 0 Å². The Morgan fingerprint density at radius 3 is 2.39 bits per heavy atom. The van der Waals surface area contributed by atoms with Crippen LogP contribution in [0.4, 0.5) is 10.5 Å². The van der Waals surface area contributed by atoms with Crippen molar-refractivity contribution in [1.82, 2.24) is 19.7 Å². The number of hydrogen-bond acceptors (Lipinski definition) is 9. The second-order valence-electron chi connectivity index (χ2n) is 11.9. The summed E-state index contributed by atoms with van der Waals surface area (Å²) in [6, 6.07) is 14.5. The van der Waals surface area contributed by atoms with Crippen LogP contribution >= 0.6 is 11.6 Å². The number of ether oxygens (including phenoxy) is 2. The number of aromatic nitrogens is 1. The van der Waals surface area contributed by atoms with Crippen LogP contribution < -0.4 is 9.04 Å². The smallest absolute Gasteiger partial charge is 0.411 e. The van der Waals surface area contributed by atoms with Crippen LogP contribution in [-0.2, 0) is 25.2 Å². The van der Waals surface area contributed by atoms with Crippen molar-refractivity contribution < 1.29 is 27.5 Å². The maximum Gasteiger partial charge on any atom is 0.411 e. The lowest BCUT2D eigenvalue weighted by molar-refractivity contribution is -0.132. The molecule has 0 aliphatic carbocycles. The SMILES string of the molecule is CCOc1ccccc1C1(OC(=O)N2CCN(C3CCN(C)CC3)CC2)C(=O)N(S(=O)(=O)c2ccc(C)cn2)c2ccc(Cl)cc21. The Hall–Kier alpha value is -3.71. The van der Waals surface area contributed by atoms with Crippen molar-refractivity contribution in [2.75, 3.05) is 57.2 Å². The average Bonchev–Trinajstić information content (AvgIpc) is 3.29. The van der Waals surface area contributed by atoms with E-state index in [1.165, 1.54) is 30.5 Å². The molecule has 13 heteroatoms. The van der Waals surface area contributed by atoms with Crippen molar-refractivity contribution in [2.45, 2.75) is 43.4 Å². The van der Waals surface area contributed by atoms with Gasteiger partial charge in [0.2, 0.25) is 5.60 Å². The predicted molar refractivity (Wildman–Crippen MR) is 174 cm³/mol. The van der Waals surface area contributed by atoms with Crippen molar-refractivity contribution in [3.8, 4) is 5.75 Å². The molecule has 1 aromatic heterocycles. The molecule has 2 aromatic carbocycles. The van der Waals surface area contributed by atoms with Crippen LogP contribution in [0.1, 0.15) is 36.5 Å². The van der Waals surface area contributed by atoms with Gasteiger partial charge in [0.15, 0.2) is 5.03 Å². The van der Waals surface area contributed by atoms with Gasteiger partial charge in [-0.05, 0) is 82.7 Å². The minimum Gasteiger partial charge on any atom is -0.493 e. The fourth-order valence-corrected chi connectivity index (χ4v) is 8.10. The molecule has 0 radical (unpaired) electrons. The van der Waals surface area contributed by atoms with Crippen LogP contribution in [0.5, 0.6) is 5.75 Å². The second kappa shape index (κ2) is 12.8. The molecule has 0 spiro atoms. The molecular weight excluding hydrogens is 630 g/mol. The van der Waals surface area contributed by atoms with Gasteiger partial charge in [0.05, 0.1) is 17.9 Å². The maximum atomic E-state index is 14.9. The monoisotopic (exact) mass is 667 g/mol. The Bertz CT molecular complexity index is 1720. The fourth-order valence-electron chi connectivity index (χ4n) is 6.55. The van der Waals surface area contributed by atoms with Crippen LogP contribution in [0.15, 0.2) is 65.8 Å². The van der Waals surface area contributed by atoms with Crippen molar-refractivity contribution in [3.63, 3.8) is 0 Å². The molecule has 0 bridgehead atoms. The number of carbonyl (C=O) groups is 2. The Balaban J connectivity index is 1.41. The minimum absolute atomic E-state index is 0.0166. The number of likely N-dealkylation sites (tertiary alicyclic amines) is 1. The number of piperazine rings is 1. The zero-order chi connectivity index (χ0) is 32.6. The Morgan fingerprint density at radius 2 is 1.72 bits per heavy atom. The number of carbonyl (C=O) groups excluding carboxylic acids is 2. The number of fused-ring (bicyclic) bond motifs is 1. The highest BCUT2D eigenvalue weighted by Crippen LogP contribution is 2.52. The van der Waals surface area contributed by atoms with Gasteiger partial charge in [-0.3, -0.25) is 9.69 Å². The van der Waals surface area contributed by atoms with Gasteiger partial charge in [-0.15, -0.1) is 0 Å². The zero-order valence-corrected chi connectivity index (χ0v) is 27.8. The van der Waals surface area contributed by atoms with Crippen LogP contribution in [0, 0.1) is 6.92 Å². The summed E-state index contributed by atoms with van der Waals surface area (Å²) in [5, 5.41) is -0.0853. The van der Waals surface area contributed by atoms with Gasteiger partial charge >= 0.3 is 6.09 Å². The summed E-state index contributed by atoms with van der Waals surface area (Å²) in [4.78, 5) is 39.4. The number of aryl methyl sites for hydroxylation is 1. The van der Waals surface area contributed by atoms with E-state index in [1.54, 1.807) is 49.1 Å². The Labute approximate surface area is 274 Å². The summed E-state index contributed by atoms with van der Waals surface area (Å²) in [6.45, 7) is 8.05. The first-order valence-electron chi connectivity index (χ1n) is 15.5. The van der Waals surface area contributed by atoms with Crippen molar-refractivity contribution in [2.24, 2.45) is 0 Å². The number of halogens is 1. The number of benzene rings is 2. The van der Waals surface area contributed by atoms with E-state index in [2.05, 4.69) is 21.8 Å². The van der Waals surface area contributed by atoms with E-state index in [4.69, 9.17) is 21.1 Å². The van der Waals surface area contributed by atoms with Crippen molar-refractivity contribution in [1.29, 1.82) is 0 Å². The highest BCUT2D eigenvalue weighted by Gasteiger charge is 2.61.